The monoisotopic (exact) mass is 387 g/mol. The summed E-state index contributed by atoms with van der Waals surface area (Å²) in [5, 5.41) is 9.51. The molecule has 146 valence electrons. The van der Waals surface area contributed by atoms with Gasteiger partial charge in [-0.2, -0.15) is 5.10 Å². The first-order valence-corrected chi connectivity index (χ1v) is 10.9. The number of aromatic nitrogens is 2. The van der Waals surface area contributed by atoms with E-state index in [1.807, 2.05) is 6.07 Å². The van der Waals surface area contributed by atoms with Gasteiger partial charge < -0.3 is 10.2 Å². The Labute approximate surface area is 164 Å². The van der Waals surface area contributed by atoms with Crippen molar-refractivity contribution in [1.82, 2.24) is 20.0 Å². The normalized spacial score (nSPS) is 22.3. The quantitative estimate of drug-likeness (QED) is 0.793. The van der Waals surface area contributed by atoms with Crippen LogP contribution in [0.4, 0.5) is 5.82 Å². The molecule has 7 heteroatoms. The van der Waals surface area contributed by atoms with E-state index in [0.29, 0.717) is 17.9 Å². The number of aromatic amines is 1. The first-order chi connectivity index (χ1) is 13.2. The van der Waals surface area contributed by atoms with Crippen molar-refractivity contribution in [2.45, 2.75) is 51.1 Å². The molecule has 0 bridgehead atoms. The molecule has 6 nitrogen and oxygen atoms in total. The highest BCUT2D eigenvalue weighted by molar-refractivity contribution is 7.14. The predicted octanol–water partition coefficient (Wildman–Crippen LogP) is 3.73. The number of nitrogens with zero attached hydrogens (tertiary/aromatic N) is 3. The summed E-state index contributed by atoms with van der Waals surface area (Å²) in [7, 11) is 0. The van der Waals surface area contributed by atoms with Crippen LogP contribution in [0.1, 0.15) is 59.6 Å². The number of carbonyl (C=O) groups is 1. The van der Waals surface area contributed by atoms with Crippen molar-refractivity contribution in [1.29, 1.82) is 0 Å². The summed E-state index contributed by atoms with van der Waals surface area (Å²) < 4.78 is 0. The largest absolute Gasteiger partial charge is 0.306 e. The van der Waals surface area contributed by atoms with Crippen LogP contribution >= 0.6 is 11.3 Å². The summed E-state index contributed by atoms with van der Waals surface area (Å²) in [5.74, 6) is 0.573. The van der Waals surface area contributed by atoms with Crippen molar-refractivity contribution in [3.05, 3.63) is 34.2 Å². The molecule has 27 heavy (non-hydrogen) atoms. The number of carbonyl (C=O) groups excluding carboxylic acids is 1. The number of rotatable bonds is 6. The maximum atomic E-state index is 12.5. The smallest absolute Gasteiger partial charge is 0.266 e. The first-order valence-electron chi connectivity index (χ1n) is 10.1. The highest BCUT2D eigenvalue weighted by Gasteiger charge is 2.34. The van der Waals surface area contributed by atoms with Gasteiger partial charge in [0.1, 0.15) is 5.82 Å². The molecule has 0 aliphatic carbocycles. The molecular weight excluding hydrogens is 358 g/mol. The second kappa shape index (κ2) is 8.54. The second-order valence-corrected chi connectivity index (χ2v) is 8.71. The van der Waals surface area contributed by atoms with E-state index in [9.17, 15) is 4.79 Å². The van der Waals surface area contributed by atoms with Gasteiger partial charge in [-0.1, -0.05) is 6.92 Å². The average molecular weight is 388 g/mol. The number of H-pyrrole nitrogens is 1. The minimum atomic E-state index is -0.0621. The molecule has 2 N–H and O–H groups in total. The van der Waals surface area contributed by atoms with E-state index < -0.39 is 0 Å². The van der Waals surface area contributed by atoms with Gasteiger partial charge in [0, 0.05) is 23.0 Å². The van der Waals surface area contributed by atoms with Crippen LogP contribution in [0, 0.1) is 0 Å². The predicted molar refractivity (Wildman–Crippen MR) is 109 cm³/mol. The molecule has 2 fully saturated rings. The fourth-order valence-corrected chi connectivity index (χ4v) is 5.54. The lowest BCUT2D eigenvalue weighted by atomic mass is 10.0. The van der Waals surface area contributed by atoms with E-state index in [4.69, 9.17) is 0 Å². The number of piperidine rings is 1. The van der Waals surface area contributed by atoms with Crippen LogP contribution in [0.25, 0.3) is 0 Å². The summed E-state index contributed by atoms with van der Waals surface area (Å²) in [4.78, 5) is 19.9. The molecular formula is C20H29N5OS. The maximum Gasteiger partial charge on any atom is 0.266 e. The fourth-order valence-electron chi connectivity index (χ4n) is 4.49. The summed E-state index contributed by atoms with van der Waals surface area (Å²) >= 11 is 1.64. The molecule has 4 rings (SSSR count). The van der Waals surface area contributed by atoms with Crippen molar-refractivity contribution < 1.29 is 4.79 Å². The molecule has 2 aromatic rings. The minimum Gasteiger partial charge on any atom is -0.306 e. The lowest BCUT2D eigenvalue weighted by Crippen LogP contribution is -2.44. The van der Waals surface area contributed by atoms with E-state index in [1.165, 1.54) is 63.2 Å². The van der Waals surface area contributed by atoms with Gasteiger partial charge in [-0.25, -0.2) is 0 Å². The molecule has 2 saturated heterocycles. The highest BCUT2D eigenvalue weighted by atomic mass is 32.1. The first kappa shape index (κ1) is 18.7. The van der Waals surface area contributed by atoms with Crippen LogP contribution < -0.4 is 5.32 Å². The number of thiophene rings is 1. The Hall–Kier alpha value is -1.70. The van der Waals surface area contributed by atoms with Gasteiger partial charge >= 0.3 is 0 Å². The molecule has 2 aliphatic heterocycles. The third-order valence-corrected chi connectivity index (χ3v) is 6.97. The lowest BCUT2D eigenvalue weighted by Gasteiger charge is -2.39. The Balaban J connectivity index is 1.39. The van der Waals surface area contributed by atoms with Gasteiger partial charge in [-0.3, -0.25) is 14.8 Å². The number of hydrogen-bond donors (Lipinski definition) is 2. The van der Waals surface area contributed by atoms with Crippen molar-refractivity contribution in [2.75, 3.05) is 31.5 Å². The standard InChI is InChI=1S/C20H29N5OS/c1-2-11-24-13-8-15(9-14-24)25-12-3-4-16(25)17-5-6-18(27-17)20(26)22-19-7-10-21-23-19/h5-7,10,15-16H,2-4,8-9,11-14H2,1H3,(H2,21,22,23,26). The Morgan fingerprint density at radius 2 is 2.11 bits per heavy atom. The second-order valence-electron chi connectivity index (χ2n) is 7.60. The highest BCUT2D eigenvalue weighted by Crippen LogP contribution is 2.39. The molecule has 0 spiro atoms. The van der Waals surface area contributed by atoms with Gasteiger partial charge in [-0.15, -0.1) is 11.3 Å². The summed E-state index contributed by atoms with van der Waals surface area (Å²) in [6, 6.07) is 7.05. The number of amides is 1. The van der Waals surface area contributed by atoms with E-state index in [-0.39, 0.29) is 5.91 Å². The Morgan fingerprint density at radius 1 is 1.26 bits per heavy atom. The molecule has 0 saturated carbocycles. The third-order valence-electron chi connectivity index (χ3n) is 5.79. The van der Waals surface area contributed by atoms with Crippen LogP contribution in [0.2, 0.25) is 0 Å². The van der Waals surface area contributed by atoms with Crippen molar-refractivity contribution in [3.63, 3.8) is 0 Å². The van der Waals surface area contributed by atoms with Crippen molar-refractivity contribution in [2.24, 2.45) is 0 Å². The zero-order chi connectivity index (χ0) is 18.6. The molecule has 1 unspecified atom stereocenters. The fraction of sp³-hybridized carbons (Fsp3) is 0.600. The van der Waals surface area contributed by atoms with E-state index in [2.05, 4.69) is 38.3 Å². The molecule has 1 atom stereocenters. The molecule has 2 aromatic heterocycles. The van der Waals surface area contributed by atoms with E-state index >= 15 is 0 Å². The van der Waals surface area contributed by atoms with Crippen LogP contribution in [0.3, 0.4) is 0 Å². The van der Waals surface area contributed by atoms with E-state index in [1.54, 1.807) is 23.6 Å². The summed E-state index contributed by atoms with van der Waals surface area (Å²) in [6.45, 7) is 7.14. The van der Waals surface area contributed by atoms with Crippen LogP contribution in [0.15, 0.2) is 24.4 Å². The van der Waals surface area contributed by atoms with Crippen LogP contribution in [0.5, 0.6) is 0 Å². The SMILES string of the molecule is CCCN1CCC(N2CCCC2c2ccc(C(=O)Nc3ccn[nH]3)s2)CC1. The molecule has 2 aliphatic rings. The summed E-state index contributed by atoms with van der Waals surface area (Å²) in [5.41, 5.74) is 0. The average Bonchev–Trinajstić information content (AvgIpc) is 3.43. The Bertz CT molecular complexity index is 735. The zero-order valence-electron chi connectivity index (χ0n) is 16.0. The molecule has 4 heterocycles. The molecule has 0 radical (unpaired) electrons. The molecule has 1 amide bonds. The van der Waals surface area contributed by atoms with Gasteiger partial charge in [0.25, 0.3) is 5.91 Å². The topological polar surface area (TPSA) is 64.3 Å². The van der Waals surface area contributed by atoms with Gasteiger partial charge in [0.15, 0.2) is 0 Å². The zero-order valence-corrected chi connectivity index (χ0v) is 16.8. The van der Waals surface area contributed by atoms with Gasteiger partial charge in [0.2, 0.25) is 0 Å². The van der Waals surface area contributed by atoms with Crippen molar-refractivity contribution >= 4 is 23.1 Å². The number of hydrogen-bond acceptors (Lipinski definition) is 5. The van der Waals surface area contributed by atoms with E-state index in [0.717, 1.165) is 4.88 Å². The maximum absolute atomic E-state index is 12.5. The minimum absolute atomic E-state index is 0.0621. The Kier molecular flexibility index (Phi) is 5.90. The number of anilines is 1. The van der Waals surface area contributed by atoms with Gasteiger partial charge in [-0.05, 0) is 70.4 Å². The molecule has 0 aromatic carbocycles. The number of nitrogens with one attached hydrogen (secondary N) is 2. The van der Waals surface area contributed by atoms with Gasteiger partial charge in [0.05, 0.1) is 11.1 Å². The number of likely N-dealkylation sites (tertiary alicyclic amines) is 2. The Morgan fingerprint density at radius 3 is 2.85 bits per heavy atom. The van der Waals surface area contributed by atoms with Crippen LogP contribution in [-0.4, -0.2) is 58.1 Å². The lowest BCUT2D eigenvalue weighted by molar-refractivity contribution is 0.0996. The third kappa shape index (κ3) is 4.25. The van der Waals surface area contributed by atoms with Crippen molar-refractivity contribution in [3.8, 4) is 0 Å². The van der Waals surface area contributed by atoms with Crippen LogP contribution in [-0.2, 0) is 0 Å². The summed E-state index contributed by atoms with van der Waals surface area (Å²) in [6.07, 6.45) is 7.89.